The van der Waals surface area contributed by atoms with E-state index < -0.39 is 0 Å². The van der Waals surface area contributed by atoms with E-state index in [1.165, 1.54) is 4.90 Å². The van der Waals surface area contributed by atoms with Gasteiger partial charge in [0.2, 0.25) is 0 Å². The van der Waals surface area contributed by atoms with Crippen molar-refractivity contribution in [2.24, 2.45) is 0 Å². The maximum atomic E-state index is 12.1. The largest absolute Gasteiger partial charge is 0.367 e. The molecule has 0 spiro atoms. The number of fused-ring (bicyclic) bond motifs is 1. The van der Waals surface area contributed by atoms with Crippen molar-refractivity contribution in [3.63, 3.8) is 0 Å². The molecule has 0 saturated carbocycles. The Morgan fingerprint density at radius 2 is 1.45 bits per heavy atom. The summed E-state index contributed by atoms with van der Waals surface area (Å²) in [5, 5.41) is 3.09. The van der Waals surface area contributed by atoms with Gasteiger partial charge in [0.15, 0.2) is 0 Å². The molecule has 5 heteroatoms. The predicted octanol–water partition coefficient (Wildman–Crippen LogP) is 2.96. The lowest BCUT2D eigenvalue weighted by atomic mass is 10.1. The van der Waals surface area contributed by atoms with Crippen LogP contribution in [0.5, 0.6) is 0 Å². The van der Waals surface area contributed by atoms with Gasteiger partial charge in [-0.3, -0.25) is 14.5 Å². The Bertz CT molecular complexity index is 648. The van der Waals surface area contributed by atoms with Crippen LogP contribution in [0.3, 0.4) is 0 Å². The summed E-state index contributed by atoms with van der Waals surface area (Å²) in [6, 6.07) is 14.7. The van der Waals surface area contributed by atoms with Crippen LogP contribution in [0.15, 0.2) is 48.5 Å². The Labute approximate surface area is 129 Å². The first-order chi connectivity index (χ1) is 9.66. The molecule has 0 aromatic heterocycles. The van der Waals surface area contributed by atoms with E-state index in [-0.39, 0.29) is 18.5 Å². The zero-order valence-corrected chi connectivity index (χ0v) is 12.6. The number of hydrogen-bond donors (Lipinski definition) is 1. The van der Waals surface area contributed by atoms with Crippen molar-refractivity contribution in [2.45, 2.75) is 0 Å². The van der Waals surface area contributed by atoms with Crippen LogP contribution in [0.25, 0.3) is 0 Å². The summed E-state index contributed by atoms with van der Waals surface area (Å²) < 4.78 is 1.13. The van der Waals surface area contributed by atoms with Gasteiger partial charge in [-0.2, -0.15) is 0 Å². The fraction of sp³-hybridized carbons (Fsp3) is 0.0667. The van der Waals surface area contributed by atoms with Gasteiger partial charge < -0.3 is 5.32 Å². The summed E-state index contributed by atoms with van der Waals surface area (Å²) in [7, 11) is 0. The molecule has 2 aromatic carbocycles. The van der Waals surface area contributed by atoms with Gasteiger partial charge in [-0.25, -0.2) is 0 Å². The molecular formula is C15H11IN2O2. The van der Waals surface area contributed by atoms with Crippen molar-refractivity contribution in [1.82, 2.24) is 4.90 Å². The molecule has 0 fully saturated rings. The molecule has 0 atom stereocenters. The van der Waals surface area contributed by atoms with Crippen LogP contribution < -0.4 is 5.32 Å². The van der Waals surface area contributed by atoms with Crippen LogP contribution >= 0.6 is 22.6 Å². The fourth-order valence-electron chi connectivity index (χ4n) is 2.12. The van der Waals surface area contributed by atoms with E-state index >= 15 is 0 Å². The second kappa shape index (κ2) is 5.24. The lowest BCUT2D eigenvalue weighted by Gasteiger charge is -2.15. The highest BCUT2D eigenvalue weighted by Gasteiger charge is 2.34. The predicted molar refractivity (Wildman–Crippen MR) is 84.6 cm³/mol. The number of carbonyl (C=O) groups is 2. The van der Waals surface area contributed by atoms with Crippen molar-refractivity contribution < 1.29 is 9.59 Å². The zero-order chi connectivity index (χ0) is 14.1. The monoisotopic (exact) mass is 378 g/mol. The van der Waals surface area contributed by atoms with Gasteiger partial charge in [-0.15, -0.1) is 0 Å². The third-order valence-corrected chi connectivity index (χ3v) is 3.88. The van der Waals surface area contributed by atoms with Crippen molar-refractivity contribution in [3.05, 3.63) is 63.2 Å². The van der Waals surface area contributed by atoms with Crippen molar-refractivity contribution >= 4 is 40.1 Å². The number of anilines is 1. The van der Waals surface area contributed by atoms with Crippen LogP contribution in [0.2, 0.25) is 0 Å². The van der Waals surface area contributed by atoms with Gasteiger partial charge in [0.1, 0.15) is 0 Å². The molecule has 1 N–H and O–H groups in total. The molecule has 1 aliphatic rings. The number of nitrogens with one attached hydrogen (secondary N) is 1. The summed E-state index contributed by atoms with van der Waals surface area (Å²) >= 11 is 2.22. The number of nitrogens with zero attached hydrogens (tertiary/aromatic N) is 1. The molecule has 1 heterocycles. The molecule has 0 radical (unpaired) electrons. The first-order valence-corrected chi connectivity index (χ1v) is 7.19. The minimum Gasteiger partial charge on any atom is -0.367 e. The van der Waals surface area contributed by atoms with Crippen molar-refractivity contribution in [1.29, 1.82) is 0 Å². The lowest BCUT2D eigenvalue weighted by Crippen LogP contribution is -2.34. The second-order valence-corrected chi connectivity index (χ2v) is 5.67. The highest BCUT2D eigenvalue weighted by atomic mass is 127. The van der Waals surface area contributed by atoms with E-state index in [1.807, 2.05) is 24.3 Å². The van der Waals surface area contributed by atoms with Crippen molar-refractivity contribution in [2.75, 3.05) is 12.0 Å². The average molecular weight is 378 g/mol. The van der Waals surface area contributed by atoms with E-state index in [0.717, 1.165) is 9.26 Å². The van der Waals surface area contributed by atoms with E-state index in [1.54, 1.807) is 24.3 Å². The highest BCUT2D eigenvalue weighted by molar-refractivity contribution is 14.1. The molecule has 0 unspecified atom stereocenters. The fourth-order valence-corrected chi connectivity index (χ4v) is 2.48. The van der Waals surface area contributed by atoms with Crippen LogP contribution in [-0.2, 0) is 0 Å². The molecule has 4 nitrogen and oxygen atoms in total. The van der Waals surface area contributed by atoms with Crippen LogP contribution in [-0.4, -0.2) is 23.4 Å². The Balaban J connectivity index is 1.75. The maximum absolute atomic E-state index is 12.1. The molecule has 3 rings (SSSR count). The van der Waals surface area contributed by atoms with Gasteiger partial charge in [-0.05, 0) is 59.0 Å². The van der Waals surface area contributed by atoms with Gasteiger partial charge >= 0.3 is 0 Å². The molecule has 20 heavy (non-hydrogen) atoms. The number of carbonyl (C=O) groups excluding carboxylic acids is 2. The lowest BCUT2D eigenvalue weighted by molar-refractivity contribution is 0.0666. The van der Waals surface area contributed by atoms with Crippen LogP contribution in [0.1, 0.15) is 20.7 Å². The molecule has 0 saturated heterocycles. The number of amides is 2. The standard InChI is InChI=1S/C15H11IN2O2/c16-10-5-7-11(8-6-10)17-9-18-14(19)12-3-1-2-4-13(12)15(18)20/h1-8,17H,9H2. The molecule has 0 aliphatic carbocycles. The smallest absolute Gasteiger partial charge is 0.263 e. The number of halogens is 1. The van der Waals surface area contributed by atoms with Gasteiger partial charge in [0, 0.05) is 9.26 Å². The highest BCUT2D eigenvalue weighted by Crippen LogP contribution is 2.22. The first kappa shape index (κ1) is 13.1. The summed E-state index contributed by atoms with van der Waals surface area (Å²) in [5.41, 5.74) is 1.82. The topological polar surface area (TPSA) is 49.4 Å². The van der Waals surface area contributed by atoms with E-state index in [0.29, 0.717) is 11.1 Å². The third kappa shape index (κ3) is 2.29. The van der Waals surface area contributed by atoms with E-state index in [4.69, 9.17) is 0 Å². The quantitative estimate of drug-likeness (QED) is 0.660. The van der Waals surface area contributed by atoms with Crippen LogP contribution in [0.4, 0.5) is 5.69 Å². The summed E-state index contributed by atoms with van der Waals surface area (Å²) in [6.45, 7) is 0.174. The minimum absolute atomic E-state index is 0.174. The summed E-state index contributed by atoms with van der Waals surface area (Å²) in [4.78, 5) is 25.5. The minimum atomic E-state index is -0.247. The molecule has 0 bridgehead atoms. The maximum Gasteiger partial charge on any atom is 0.263 e. The second-order valence-electron chi connectivity index (χ2n) is 4.43. The Morgan fingerprint density at radius 1 is 0.900 bits per heavy atom. The van der Waals surface area contributed by atoms with Crippen molar-refractivity contribution in [3.8, 4) is 0 Å². The number of benzene rings is 2. The normalized spacial score (nSPS) is 13.6. The van der Waals surface area contributed by atoms with E-state index in [9.17, 15) is 9.59 Å². The Hall–Kier alpha value is -1.89. The molecule has 2 amide bonds. The van der Waals surface area contributed by atoms with Gasteiger partial charge in [0.05, 0.1) is 17.8 Å². The SMILES string of the molecule is O=C1c2ccccc2C(=O)N1CNc1ccc(I)cc1. The number of rotatable bonds is 3. The van der Waals surface area contributed by atoms with Gasteiger partial charge in [-0.1, -0.05) is 12.1 Å². The summed E-state index contributed by atoms with van der Waals surface area (Å²) in [5.74, 6) is -0.493. The molecule has 1 aliphatic heterocycles. The molecule has 100 valence electrons. The number of hydrogen-bond acceptors (Lipinski definition) is 3. The van der Waals surface area contributed by atoms with Crippen LogP contribution in [0, 0.1) is 3.57 Å². The molecular weight excluding hydrogens is 367 g/mol. The number of imide groups is 1. The molecule has 2 aromatic rings. The Morgan fingerprint density at radius 3 is 2.00 bits per heavy atom. The zero-order valence-electron chi connectivity index (χ0n) is 10.5. The van der Waals surface area contributed by atoms with Gasteiger partial charge in [0.25, 0.3) is 11.8 Å². The Kier molecular flexibility index (Phi) is 3.43. The van der Waals surface area contributed by atoms with E-state index in [2.05, 4.69) is 27.9 Å². The average Bonchev–Trinajstić information content (AvgIpc) is 2.71. The third-order valence-electron chi connectivity index (χ3n) is 3.16. The summed E-state index contributed by atoms with van der Waals surface area (Å²) in [6.07, 6.45) is 0. The first-order valence-electron chi connectivity index (χ1n) is 6.11.